The number of nitrogens with zero attached hydrogens (tertiary/aromatic N) is 1. The minimum Gasteiger partial charge on any atom is -0.507 e. The predicted octanol–water partition coefficient (Wildman–Crippen LogP) is 3.98. The van der Waals surface area contributed by atoms with E-state index >= 15 is 0 Å². The van der Waals surface area contributed by atoms with Crippen LogP contribution in [0.3, 0.4) is 0 Å². The van der Waals surface area contributed by atoms with E-state index in [-0.39, 0.29) is 5.41 Å². The molecule has 0 aliphatic carbocycles. The predicted molar refractivity (Wildman–Crippen MR) is 104 cm³/mol. The van der Waals surface area contributed by atoms with Gasteiger partial charge in [0.25, 0.3) is 0 Å². The van der Waals surface area contributed by atoms with Gasteiger partial charge in [-0.25, -0.2) is 0 Å². The molecule has 1 atom stereocenters. The van der Waals surface area contributed by atoms with E-state index in [0.717, 1.165) is 16.4 Å². The SMILES string of the molecule is CN=Cc1cc(C)ccc1Pc1cc(C(C)(C)C)cc(C)c1O. The normalized spacial score (nSPS) is 12.6. The van der Waals surface area contributed by atoms with Gasteiger partial charge in [-0.1, -0.05) is 53.1 Å². The summed E-state index contributed by atoms with van der Waals surface area (Å²) in [4.78, 5) is 4.16. The molecule has 0 aromatic heterocycles. The van der Waals surface area contributed by atoms with Gasteiger partial charge in [0.2, 0.25) is 0 Å². The van der Waals surface area contributed by atoms with Gasteiger partial charge in [-0.05, 0) is 47.8 Å². The average molecular weight is 327 g/mol. The molecule has 0 saturated carbocycles. The van der Waals surface area contributed by atoms with Gasteiger partial charge in [-0.15, -0.1) is 0 Å². The summed E-state index contributed by atoms with van der Waals surface area (Å²) >= 11 is 0. The van der Waals surface area contributed by atoms with E-state index < -0.39 is 0 Å². The van der Waals surface area contributed by atoms with Crippen LogP contribution in [0.2, 0.25) is 0 Å². The molecule has 2 rings (SSSR count). The molecule has 0 amide bonds. The molecule has 0 heterocycles. The molecule has 0 saturated heterocycles. The van der Waals surface area contributed by atoms with Crippen LogP contribution in [0.15, 0.2) is 35.3 Å². The second-order valence-electron chi connectivity index (χ2n) is 7.04. The number of aryl methyl sites for hydroxylation is 2. The Morgan fingerprint density at radius 3 is 2.35 bits per heavy atom. The maximum atomic E-state index is 10.5. The molecule has 1 unspecified atom stereocenters. The third-order valence-electron chi connectivity index (χ3n) is 3.91. The first-order chi connectivity index (χ1) is 10.7. The summed E-state index contributed by atoms with van der Waals surface area (Å²) < 4.78 is 0. The molecule has 2 aromatic rings. The van der Waals surface area contributed by atoms with Gasteiger partial charge < -0.3 is 5.11 Å². The van der Waals surface area contributed by atoms with Crippen molar-refractivity contribution in [1.82, 2.24) is 0 Å². The average Bonchev–Trinajstić information content (AvgIpc) is 2.45. The standard InChI is InChI=1S/C20H26NOP/c1-13-7-8-17(15(9-13)12-21-6)23-18-11-16(20(3,4)5)10-14(2)19(18)22/h7-12,22-23H,1-6H3. The van der Waals surface area contributed by atoms with Crippen molar-refractivity contribution in [3.05, 3.63) is 52.6 Å². The molecule has 2 aromatic carbocycles. The van der Waals surface area contributed by atoms with Gasteiger partial charge in [0.05, 0.1) is 0 Å². The summed E-state index contributed by atoms with van der Waals surface area (Å²) in [5, 5.41) is 12.7. The lowest BCUT2D eigenvalue weighted by Crippen LogP contribution is -2.16. The molecular weight excluding hydrogens is 301 g/mol. The Bertz CT molecular complexity index is 742. The number of aromatic hydroxyl groups is 1. The van der Waals surface area contributed by atoms with Crippen molar-refractivity contribution in [3.63, 3.8) is 0 Å². The van der Waals surface area contributed by atoms with Gasteiger partial charge in [-0.2, -0.15) is 0 Å². The summed E-state index contributed by atoms with van der Waals surface area (Å²) in [5.41, 5.74) is 4.62. The summed E-state index contributed by atoms with van der Waals surface area (Å²) in [5.74, 6) is 0.413. The number of hydrogen-bond acceptors (Lipinski definition) is 2. The number of hydrogen-bond donors (Lipinski definition) is 1. The molecular formula is C20H26NOP. The summed E-state index contributed by atoms with van der Waals surface area (Å²) in [6.07, 6.45) is 1.90. The number of aliphatic imine (C=N–C) groups is 1. The fourth-order valence-electron chi connectivity index (χ4n) is 2.49. The number of phenols is 1. The minimum atomic E-state index is 0.0681. The van der Waals surface area contributed by atoms with Crippen molar-refractivity contribution >= 4 is 25.4 Å². The minimum absolute atomic E-state index is 0.0681. The fraction of sp³-hybridized carbons (Fsp3) is 0.350. The van der Waals surface area contributed by atoms with Crippen molar-refractivity contribution in [2.45, 2.75) is 40.0 Å². The summed E-state index contributed by atoms with van der Waals surface area (Å²) in [7, 11) is 2.20. The van der Waals surface area contributed by atoms with Crippen molar-refractivity contribution in [1.29, 1.82) is 0 Å². The zero-order valence-electron chi connectivity index (χ0n) is 14.9. The van der Waals surface area contributed by atoms with Gasteiger partial charge in [0.15, 0.2) is 0 Å². The first-order valence-electron chi connectivity index (χ1n) is 7.86. The molecule has 122 valence electrons. The number of rotatable bonds is 3. The van der Waals surface area contributed by atoms with Crippen LogP contribution in [-0.4, -0.2) is 18.4 Å². The highest BCUT2D eigenvalue weighted by Gasteiger charge is 2.18. The molecule has 23 heavy (non-hydrogen) atoms. The first-order valence-corrected chi connectivity index (χ1v) is 8.86. The van der Waals surface area contributed by atoms with Crippen LogP contribution in [0.5, 0.6) is 5.75 Å². The van der Waals surface area contributed by atoms with Gasteiger partial charge in [0, 0.05) is 24.1 Å². The van der Waals surface area contributed by atoms with E-state index in [1.54, 1.807) is 7.05 Å². The fourth-order valence-corrected chi connectivity index (χ4v) is 3.78. The molecule has 0 fully saturated rings. The van der Waals surface area contributed by atoms with Crippen molar-refractivity contribution in [2.75, 3.05) is 7.05 Å². The van der Waals surface area contributed by atoms with Crippen LogP contribution < -0.4 is 10.6 Å². The number of benzene rings is 2. The van der Waals surface area contributed by atoms with Crippen LogP contribution in [0.1, 0.15) is 43.0 Å². The molecule has 0 spiro atoms. The van der Waals surface area contributed by atoms with Crippen LogP contribution in [0, 0.1) is 13.8 Å². The second kappa shape index (κ2) is 6.84. The first kappa shape index (κ1) is 17.7. The Morgan fingerprint density at radius 2 is 1.74 bits per heavy atom. The lowest BCUT2D eigenvalue weighted by molar-refractivity contribution is 0.474. The lowest BCUT2D eigenvalue weighted by Gasteiger charge is -2.22. The highest BCUT2D eigenvalue weighted by Crippen LogP contribution is 2.30. The van der Waals surface area contributed by atoms with Crippen LogP contribution >= 0.6 is 8.58 Å². The van der Waals surface area contributed by atoms with Crippen LogP contribution in [0.4, 0.5) is 0 Å². The van der Waals surface area contributed by atoms with Crippen LogP contribution in [0.25, 0.3) is 0 Å². The maximum Gasteiger partial charge on any atom is 0.126 e. The van der Waals surface area contributed by atoms with E-state index in [0.29, 0.717) is 14.3 Å². The van der Waals surface area contributed by atoms with E-state index in [4.69, 9.17) is 0 Å². The Balaban J connectivity index is 2.50. The van der Waals surface area contributed by atoms with E-state index in [2.05, 4.69) is 63.0 Å². The Hall–Kier alpha value is -1.66. The van der Waals surface area contributed by atoms with Crippen molar-refractivity contribution in [3.8, 4) is 5.75 Å². The monoisotopic (exact) mass is 327 g/mol. The Labute approximate surface area is 141 Å². The van der Waals surface area contributed by atoms with E-state index in [9.17, 15) is 5.11 Å². The molecule has 2 nitrogen and oxygen atoms in total. The lowest BCUT2D eigenvalue weighted by atomic mass is 9.86. The third-order valence-corrected chi connectivity index (χ3v) is 5.29. The van der Waals surface area contributed by atoms with Crippen molar-refractivity contribution in [2.24, 2.45) is 4.99 Å². The van der Waals surface area contributed by atoms with Gasteiger partial charge in [-0.3, -0.25) is 4.99 Å². The Kier molecular flexibility index (Phi) is 5.26. The largest absolute Gasteiger partial charge is 0.507 e. The van der Waals surface area contributed by atoms with Gasteiger partial charge in [0.1, 0.15) is 5.75 Å². The third kappa shape index (κ3) is 4.20. The number of phenolic OH excluding ortho intramolecular Hbond substituents is 1. The Morgan fingerprint density at radius 1 is 1.04 bits per heavy atom. The highest BCUT2D eigenvalue weighted by molar-refractivity contribution is 7.56. The van der Waals surface area contributed by atoms with Crippen molar-refractivity contribution < 1.29 is 5.11 Å². The summed E-state index contributed by atoms with van der Waals surface area (Å²) in [6, 6.07) is 10.6. The summed E-state index contributed by atoms with van der Waals surface area (Å²) in [6.45, 7) is 10.7. The molecule has 0 radical (unpaired) electrons. The highest BCUT2D eigenvalue weighted by atomic mass is 31.1. The van der Waals surface area contributed by atoms with Gasteiger partial charge >= 0.3 is 0 Å². The zero-order valence-corrected chi connectivity index (χ0v) is 15.9. The maximum absolute atomic E-state index is 10.5. The van der Waals surface area contributed by atoms with Crippen LogP contribution in [-0.2, 0) is 5.41 Å². The molecule has 0 aliphatic rings. The smallest absolute Gasteiger partial charge is 0.126 e. The quantitative estimate of drug-likeness (QED) is 0.671. The second-order valence-corrected chi connectivity index (χ2v) is 8.37. The molecule has 3 heteroatoms. The topological polar surface area (TPSA) is 32.6 Å². The molecule has 0 bridgehead atoms. The van der Waals surface area contributed by atoms with E-state index in [1.165, 1.54) is 16.4 Å². The molecule has 1 N–H and O–H groups in total. The van der Waals surface area contributed by atoms with E-state index in [1.807, 2.05) is 13.1 Å². The molecule has 0 aliphatic heterocycles. The zero-order chi connectivity index (χ0) is 17.2.